The third-order valence-electron chi connectivity index (χ3n) is 4.04. The van der Waals surface area contributed by atoms with Gasteiger partial charge in [-0.2, -0.15) is 0 Å². The number of carbonyl (C=O) groups excluding carboxylic acids is 1. The molecule has 0 amide bonds. The Labute approximate surface area is 126 Å². The molecule has 3 rings (SSSR count). The van der Waals surface area contributed by atoms with Crippen LogP contribution in [0.4, 0.5) is 8.78 Å². The van der Waals surface area contributed by atoms with Crippen molar-refractivity contribution in [2.24, 2.45) is 5.73 Å². The summed E-state index contributed by atoms with van der Waals surface area (Å²) in [5.41, 5.74) is 5.98. The summed E-state index contributed by atoms with van der Waals surface area (Å²) in [6, 6.07) is 3.59. The van der Waals surface area contributed by atoms with Gasteiger partial charge < -0.3 is 5.73 Å². The molecule has 0 unspecified atom stereocenters. The third-order valence-corrected chi connectivity index (χ3v) is 4.04. The number of hydrogen-bond acceptors (Lipinski definition) is 4. The number of carbonyl (C=O) groups is 1. The number of nitrogens with two attached hydrogens (primary N) is 1. The highest BCUT2D eigenvalue weighted by molar-refractivity contribution is 5.96. The highest BCUT2D eigenvalue weighted by Crippen LogP contribution is 2.50. The molecule has 1 heterocycles. The maximum absolute atomic E-state index is 13.4. The summed E-state index contributed by atoms with van der Waals surface area (Å²) in [7, 11) is 0. The normalized spacial score (nSPS) is 15.6. The fourth-order valence-electron chi connectivity index (χ4n) is 2.59. The number of Topliss-reactive ketones (excluding diaryl/α,β-unsaturated/α-hetero) is 1. The lowest BCUT2D eigenvalue weighted by molar-refractivity contribution is 0.100. The molecule has 1 aliphatic carbocycles. The first-order chi connectivity index (χ1) is 10.5. The number of ketones is 1. The number of halogens is 2. The highest BCUT2D eigenvalue weighted by Gasteiger charge is 2.45. The van der Waals surface area contributed by atoms with Crippen molar-refractivity contribution in [1.82, 2.24) is 9.97 Å². The number of benzene rings is 1. The van der Waals surface area contributed by atoms with Crippen LogP contribution in [-0.4, -0.2) is 22.3 Å². The van der Waals surface area contributed by atoms with E-state index in [1.807, 2.05) is 0 Å². The lowest BCUT2D eigenvalue weighted by atomic mass is 9.92. The van der Waals surface area contributed by atoms with Crippen molar-refractivity contribution in [3.8, 4) is 0 Å². The summed E-state index contributed by atoms with van der Waals surface area (Å²) in [6.45, 7) is -0.0881. The molecule has 2 aromatic rings. The maximum atomic E-state index is 13.4. The first kappa shape index (κ1) is 14.7. The lowest BCUT2D eigenvalue weighted by Crippen LogP contribution is -2.16. The molecule has 0 atom stereocenters. The van der Waals surface area contributed by atoms with Crippen LogP contribution >= 0.6 is 0 Å². The monoisotopic (exact) mass is 303 g/mol. The number of aromatic nitrogens is 2. The molecular formula is C16H15F2N3O. The average Bonchev–Trinajstić information content (AvgIpc) is 3.27. The van der Waals surface area contributed by atoms with Crippen molar-refractivity contribution in [1.29, 1.82) is 0 Å². The maximum Gasteiger partial charge on any atom is 0.179 e. The van der Waals surface area contributed by atoms with Crippen molar-refractivity contribution >= 4 is 5.78 Å². The molecule has 0 saturated heterocycles. The molecular weight excluding hydrogens is 288 g/mol. The fourth-order valence-corrected chi connectivity index (χ4v) is 2.59. The Morgan fingerprint density at radius 1 is 1.14 bits per heavy atom. The van der Waals surface area contributed by atoms with Gasteiger partial charge in [0.15, 0.2) is 5.78 Å². The zero-order valence-electron chi connectivity index (χ0n) is 11.9. The van der Waals surface area contributed by atoms with Crippen LogP contribution in [0.25, 0.3) is 0 Å². The van der Waals surface area contributed by atoms with E-state index in [4.69, 9.17) is 5.73 Å². The van der Waals surface area contributed by atoms with Crippen molar-refractivity contribution < 1.29 is 13.6 Å². The summed E-state index contributed by atoms with van der Waals surface area (Å²) in [5.74, 6) is -0.826. The summed E-state index contributed by atoms with van der Waals surface area (Å²) in [4.78, 5) is 19.8. The Bertz CT molecular complexity index is 692. The first-order valence-corrected chi connectivity index (χ1v) is 7.03. The van der Waals surface area contributed by atoms with Crippen LogP contribution in [-0.2, 0) is 11.8 Å². The lowest BCUT2D eigenvalue weighted by Gasteiger charge is -2.15. The average molecular weight is 303 g/mol. The molecule has 1 aliphatic rings. The van der Waals surface area contributed by atoms with Gasteiger partial charge in [-0.3, -0.25) is 4.79 Å². The van der Waals surface area contributed by atoms with Crippen molar-refractivity contribution in [2.75, 3.05) is 6.54 Å². The van der Waals surface area contributed by atoms with Crippen LogP contribution in [0.15, 0.2) is 30.6 Å². The van der Waals surface area contributed by atoms with Gasteiger partial charge >= 0.3 is 0 Å². The van der Waals surface area contributed by atoms with Crippen molar-refractivity contribution in [3.63, 3.8) is 0 Å². The predicted octanol–water partition coefficient (Wildman–Crippen LogP) is 2.17. The van der Waals surface area contributed by atoms with Crippen LogP contribution in [0.2, 0.25) is 0 Å². The molecule has 0 bridgehead atoms. The van der Waals surface area contributed by atoms with E-state index < -0.39 is 11.6 Å². The molecule has 22 heavy (non-hydrogen) atoms. The minimum Gasteiger partial charge on any atom is -0.324 e. The molecule has 2 N–H and O–H groups in total. The van der Waals surface area contributed by atoms with E-state index >= 15 is 0 Å². The Morgan fingerprint density at radius 3 is 2.23 bits per heavy atom. The minimum absolute atomic E-state index is 0.0881. The zero-order valence-corrected chi connectivity index (χ0v) is 11.9. The van der Waals surface area contributed by atoms with Crippen LogP contribution in [0.1, 0.15) is 34.6 Å². The molecule has 1 fully saturated rings. The van der Waals surface area contributed by atoms with E-state index in [-0.39, 0.29) is 17.7 Å². The van der Waals surface area contributed by atoms with Gasteiger partial charge in [0.05, 0.1) is 12.1 Å². The van der Waals surface area contributed by atoms with Gasteiger partial charge in [0, 0.05) is 30.3 Å². The SMILES string of the molecule is NCC(=O)c1cnc(CC2(c3cc(F)cc(F)c3)CC2)nc1. The summed E-state index contributed by atoms with van der Waals surface area (Å²) < 4.78 is 26.8. The molecule has 0 aliphatic heterocycles. The molecule has 1 aromatic carbocycles. The molecule has 0 spiro atoms. The Hall–Kier alpha value is -2.21. The van der Waals surface area contributed by atoms with Crippen molar-refractivity contribution in [2.45, 2.75) is 24.7 Å². The topological polar surface area (TPSA) is 68.9 Å². The Balaban J connectivity index is 1.81. The van der Waals surface area contributed by atoms with E-state index in [1.165, 1.54) is 24.5 Å². The zero-order chi connectivity index (χ0) is 15.7. The standard InChI is InChI=1S/C16H15F2N3O/c17-12-3-11(4-13(18)5-12)16(1-2-16)6-15-20-8-10(9-21-15)14(22)7-19/h3-5,8-9H,1-2,6-7,19H2. The van der Waals surface area contributed by atoms with Crippen LogP contribution in [0.5, 0.6) is 0 Å². The van der Waals surface area contributed by atoms with Gasteiger partial charge in [-0.05, 0) is 30.5 Å². The molecule has 114 valence electrons. The van der Waals surface area contributed by atoms with E-state index in [2.05, 4.69) is 9.97 Å². The van der Waals surface area contributed by atoms with E-state index in [9.17, 15) is 13.6 Å². The molecule has 1 saturated carbocycles. The van der Waals surface area contributed by atoms with Gasteiger partial charge in [-0.25, -0.2) is 18.7 Å². The first-order valence-electron chi connectivity index (χ1n) is 7.03. The van der Waals surface area contributed by atoms with Crippen LogP contribution in [0, 0.1) is 11.6 Å². The number of rotatable bonds is 5. The van der Waals surface area contributed by atoms with Gasteiger partial charge in [0.25, 0.3) is 0 Å². The summed E-state index contributed by atoms with van der Waals surface area (Å²) in [5, 5.41) is 0. The number of nitrogens with zero attached hydrogens (tertiary/aromatic N) is 2. The van der Waals surface area contributed by atoms with E-state index in [0.29, 0.717) is 23.4 Å². The summed E-state index contributed by atoms with van der Waals surface area (Å²) >= 11 is 0. The molecule has 6 heteroatoms. The second-order valence-corrected chi connectivity index (χ2v) is 5.63. The molecule has 4 nitrogen and oxygen atoms in total. The smallest absolute Gasteiger partial charge is 0.179 e. The highest BCUT2D eigenvalue weighted by atomic mass is 19.1. The quantitative estimate of drug-likeness (QED) is 0.860. The van der Waals surface area contributed by atoms with Crippen LogP contribution in [0.3, 0.4) is 0 Å². The summed E-state index contributed by atoms with van der Waals surface area (Å²) in [6.07, 6.45) is 5.05. The molecule has 0 radical (unpaired) electrons. The Morgan fingerprint density at radius 2 is 1.73 bits per heavy atom. The van der Waals surface area contributed by atoms with Crippen LogP contribution < -0.4 is 5.73 Å². The largest absolute Gasteiger partial charge is 0.324 e. The van der Waals surface area contributed by atoms with Gasteiger partial charge in [-0.1, -0.05) is 0 Å². The third kappa shape index (κ3) is 2.87. The second-order valence-electron chi connectivity index (χ2n) is 5.63. The van der Waals surface area contributed by atoms with E-state index in [1.54, 1.807) is 0 Å². The van der Waals surface area contributed by atoms with Crippen molar-refractivity contribution in [3.05, 3.63) is 59.2 Å². The van der Waals surface area contributed by atoms with E-state index in [0.717, 1.165) is 18.9 Å². The second kappa shape index (κ2) is 5.53. The van der Waals surface area contributed by atoms with Gasteiger partial charge in [0.1, 0.15) is 17.5 Å². The Kier molecular flexibility index (Phi) is 3.70. The van der Waals surface area contributed by atoms with Gasteiger partial charge in [-0.15, -0.1) is 0 Å². The number of hydrogen-bond donors (Lipinski definition) is 1. The predicted molar refractivity (Wildman–Crippen MR) is 76.4 cm³/mol. The molecule has 1 aromatic heterocycles. The fraction of sp³-hybridized carbons (Fsp3) is 0.312. The minimum atomic E-state index is -0.578. The van der Waals surface area contributed by atoms with Gasteiger partial charge in [0.2, 0.25) is 0 Å².